The summed E-state index contributed by atoms with van der Waals surface area (Å²) in [6.07, 6.45) is 0. The number of hydrogen-bond acceptors (Lipinski definition) is 4. The van der Waals surface area contributed by atoms with Crippen LogP contribution in [0.3, 0.4) is 0 Å². The van der Waals surface area contributed by atoms with E-state index in [1.165, 1.54) is 6.07 Å². The van der Waals surface area contributed by atoms with Crippen LogP contribution in [0, 0.1) is 0 Å². The van der Waals surface area contributed by atoms with Gasteiger partial charge in [0.15, 0.2) is 0 Å². The lowest BCUT2D eigenvalue weighted by Crippen LogP contribution is -2.27. The zero-order chi connectivity index (χ0) is 15.9. The Labute approximate surface area is 129 Å². The third-order valence-electron chi connectivity index (χ3n) is 3.11. The van der Waals surface area contributed by atoms with Gasteiger partial charge in [-0.05, 0) is 31.5 Å². The Morgan fingerprint density at radius 3 is 2.45 bits per heavy atom. The largest absolute Gasteiger partial charge is 0.461 e. The normalized spacial score (nSPS) is 11.5. The number of aromatic nitrogens is 1. The fraction of sp³-hybridized carbons (Fsp3) is 0.235. The van der Waals surface area contributed by atoms with Crippen LogP contribution in [-0.2, 0) is 4.74 Å². The Bertz CT molecular complexity index is 656. The Morgan fingerprint density at radius 2 is 1.77 bits per heavy atom. The Morgan fingerprint density at radius 1 is 1.09 bits per heavy atom. The Hall–Kier alpha value is -2.69. The highest BCUT2D eigenvalue weighted by Crippen LogP contribution is 2.12. The molecule has 114 valence electrons. The lowest BCUT2D eigenvalue weighted by Gasteiger charge is -2.14. The number of nitrogens with one attached hydrogen (secondary N) is 1. The second-order valence-electron chi connectivity index (χ2n) is 4.73. The summed E-state index contributed by atoms with van der Waals surface area (Å²) in [5.41, 5.74) is 1.31. The van der Waals surface area contributed by atoms with Crippen molar-refractivity contribution in [3.8, 4) is 0 Å². The third kappa shape index (κ3) is 3.91. The van der Waals surface area contributed by atoms with Gasteiger partial charge in [-0.25, -0.2) is 9.78 Å². The van der Waals surface area contributed by atoms with E-state index in [1.807, 2.05) is 37.3 Å². The molecule has 0 bridgehead atoms. The summed E-state index contributed by atoms with van der Waals surface area (Å²) in [6, 6.07) is 14.2. The molecule has 1 N–H and O–H groups in total. The van der Waals surface area contributed by atoms with Crippen LogP contribution in [0.2, 0.25) is 0 Å². The highest BCUT2D eigenvalue weighted by molar-refractivity contribution is 5.94. The van der Waals surface area contributed by atoms with Crippen molar-refractivity contribution in [2.24, 2.45) is 0 Å². The van der Waals surface area contributed by atoms with Gasteiger partial charge in [-0.15, -0.1) is 0 Å². The molecule has 5 heteroatoms. The van der Waals surface area contributed by atoms with E-state index in [0.717, 1.165) is 5.56 Å². The molecule has 0 spiro atoms. The standard InChI is InChI=1S/C17H18N2O3/c1-3-22-17(21)15-11-7-10-14(19-15)16(20)18-12(2)13-8-5-4-6-9-13/h4-12H,3H2,1-2H3,(H,18,20). The topological polar surface area (TPSA) is 68.3 Å². The smallest absolute Gasteiger partial charge is 0.356 e. The van der Waals surface area contributed by atoms with E-state index in [1.54, 1.807) is 19.1 Å². The van der Waals surface area contributed by atoms with Crippen LogP contribution in [0.25, 0.3) is 0 Å². The summed E-state index contributed by atoms with van der Waals surface area (Å²) in [5, 5.41) is 2.86. The lowest BCUT2D eigenvalue weighted by atomic mass is 10.1. The van der Waals surface area contributed by atoms with Crippen LogP contribution >= 0.6 is 0 Å². The minimum absolute atomic E-state index is 0.127. The van der Waals surface area contributed by atoms with Crippen LogP contribution in [0.4, 0.5) is 0 Å². The fourth-order valence-corrected chi connectivity index (χ4v) is 1.98. The summed E-state index contributed by atoms with van der Waals surface area (Å²) < 4.78 is 4.88. The van der Waals surface area contributed by atoms with Gasteiger partial charge < -0.3 is 10.1 Å². The summed E-state index contributed by atoms with van der Waals surface area (Å²) in [6.45, 7) is 3.88. The number of ether oxygens (including phenoxy) is 1. The highest BCUT2D eigenvalue weighted by atomic mass is 16.5. The third-order valence-corrected chi connectivity index (χ3v) is 3.11. The van der Waals surface area contributed by atoms with Gasteiger partial charge in [-0.1, -0.05) is 36.4 Å². The van der Waals surface area contributed by atoms with E-state index in [2.05, 4.69) is 10.3 Å². The zero-order valence-electron chi connectivity index (χ0n) is 12.6. The molecule has 0 aliphatic rings. The molecule has 2 rings (SSSR count). The maximum absolute atomic E-state index is 12.2. The van der Waals surface area contributed by atoms with Gasteiger partial charge in [-0.2, -0.15) is 0 Å². The molecule has 1 heterocycles. The average Bonchev–Trinajstić information content (AvgIpc) is 2.56. The number of amides is 1. The lowest BCUT2D eigenvalue weighted by molar-refractivity contribution is 0.0519. The molecule has 1 amide bonds. The monoisotopic (exact) mass is 298 g/mol. The molecule has 2 aromatic rings. The van der Waals surface area contributed by atoms with Gasteiger partial charge in [0.2, 0.25) is 0 Å². The molecule has 0 fully saturated rings. The number of nitrogens with zero attached hydrogens (tertiary/aromatic N) is 1. The van der Waals surface area contributed by atoms with Crippen molar-refractivity contribution in [1.82, 2.24) is 10.3 Å². The van der Waals surface area contributed by atoms with Crippen molar-refractivity contribution in [1.29, 1.82) is 0 Å². The van der Waals surface area contributed by atoms with Crippen LogP contribution < -0.4 is 5.32 Å². The van der Waals surface area contributed by atoms with E-state index < -0.39 is 5.97 Å². The molecule has 1 aromatic heterocycles. The molecular weight excluding hydrogens is 280 g/mol. The Kier molecular flexibility index (Phi) is 5.25. The number of esters is 1. The van der Waals surface area contributed by atoms with Crippen molar-refractivity contribution in [3.63, 3.8) is 0 Å². The van der Waals surface area contributed by atoms with Crippen LogP contribution in [0.5, 0.6) is 0 Å². The van der Waals surface area contributed by atoms with Gasteiger partial charge in [0, 0.05) is 0 Å². The number of rotatable bonds is 5. The van der Waals surface area contributed by atoms with Crippen molar-refractivity contribution in [2.75, 3.05) is 6.61 Å². The molecule has 0 saturated heterocycles. The molecule has 1 unspecified atom stereocenters. The van der Waals surface area contributed by atoms with E-state index in [-0.39, 0.29) is 29.9 Å². The quantitative estimate of drug-likeness (QED) is 0.862. The molecule has 22 heavy (non-hydrogen) atoms. The minimum Gasteiger partial charge on any atom is -0.461 e. The minimum atomic E-state index is -0.534. The van der Waals surface area contributed by atoms with Crippen molar-refractivity contribution in [3.05, 3.63) is 65.5 Å². The van der Waals surface area contributed by atoms with Gasteiger partial charge in [0.1, 0.15) is 11.4 Å². The van der Waals surface area contributed by atoms with Gasteiger partial charge in [0.25, 0.3) is 5.91 Å². The van der Waals surface area contributed by atoms with Gasteiger partial charge >= 0.3 is 5.97 Å². The molecule has 1 atom stereocenters. The summed E-state index contributed by atoms with van der Waals surface area (Å²) >= 11 is 0. The van der Waals surface area contributed by atoms with Crippen molar-refractivity contribution >= 4 is 11.9 Å². The average molecular weight is 298 g/mol. The first-order chi connectivity index (χ1) is 10.6. The van der Waals surface area contributed by atoms with E-state index in [4.69, 9.17) is 4.74 Å². The maximum Gasteiger partial charge on any atom is 0.356 e. The molecule has 0 saturated carbocycles. The summed E-state index contributed by atoms with van der Waals surface area (Å²) in [5.74, 6) is -0.865. The first-order valence-corrected chi connectivity index (χ1v) is 7.11. The molecule has 0 aliphatic heterocycles. The number of benzene rings is 1. The fourth-order valence-electron chi connectivity index (χ4n) is 1.98. The van der Waals surface area contributed by atoms with E-state index in [9.17, 15) is 9.59 Å². The molecule has 5 nitrogen and oxygen atoms in total. The van der Waals surface area contributed by atoms with Crippen LogP contribution in [0.1, 0.15) is 46.4 Å². The van der Waals surface area contributed by atoms with E-state index in [0.29, 0.717) is 0 Å². The van der Waals surface area contributed by atoms with E-state index >= 15 is 0 Å². The number of carbonyl (C=O) groups excluding carboxylic acids is 2. The highest BCUT2D eigenvalue weighted by Gasteiger charge is 2.15. The molecule has 0 radical (unpaired) electrons. The number of carbonyl (C=O) groups is 2. The maximum atomic E-state index is 12.2. The van der Waals surface area contributed by atoms with Gasteiger partial charge in [0.05, 0.1) is 12.6 Å². The summed E-state index contributed by atoms with van der Waals surface area (Å²) in [4.78, 5) is 27.9. The van der Waals surface area contributed by atoms with Crippen molar-refractivity contribution in [2.45, 2.75) is 19.9 Å². The van der Waals surface area contributed by atoms with Gasteiger partial charge in [-0.3, -0.25) is 4.79 Å². The molecular formula is C17H18N2O3. The number of pyridine rings is 1. The van der Waals surface area contributed by atoms with Crippen LogP contribution in [0.15, 0.2) is 48.5 Å². The first-order valence-electron chi connectivity index (χ1n) is 7.11. The first kappa shape index (κ1) is 15.7. The molecule has 1 aromatic carbocycles. The Balaban J connectivity index is 2.10. The summed E-state index contributed by atoms with van der Waals surface area (Å²) in [7, 11) is 0. The molecule has 0 aliphatic carbocycles. The number of hydrogen-bond donors (Lipinski definition) is 1. The van der Waals surface area contributed by atoms with Crippen LogP contribution in [-0.4, -0.2) is 23.5 Å². The second kappa shape index (κ2) is 7.36. The second-order valence-corrected chi connectivity index (χ2v) is 4.73. The zero-order valence-corrected chi connectivity index (χ0v) is 12.6. The predicted molar refractivity (Wildman–Crippen MR) is 82.5 cm³/mol. The van der Waals surface area contributed by atoms with Crippen molar-refractivity contribution < 1.29 is 14.3 Å². The predicted octanol–water partition coefficient (Wildman–Crippen LogP) is 2.75. The SMILES string of the molecule is CCOC(=O)c1cccc(C(=O)NC(C)c2ccccc2)n1.